The summed E-state index contributed by atoms with van der Waals surface area (Å²) in [6, 6.07) is 0.187. The topological polar surface area (TPSA) is 81.7 Å². The lowest BCUT2D eigenvalue weighted by Crippen LogP contribution is -3.06. The highest BCUT2D eigenvalue weighted by atomic mass is 32.2. The lowest BCUT2D eigenvalue weighted by molar-refractivity contribution is -0.894. The van der Waals surface area contributed by atoms with Gasteiger partial charge in [-0.2, -0.15) is 0 Å². The summed E-state index contributed by atoms with van der Waals surface area (Å²) in [6.07, 6.45) is 0.923. The lowest BCUT2D eigenvalue weighted by atomic mass is 10.2. The minimum absolute atomic E-state index is 0.0722. The predicted molar refractivity (Wildman–Crippen MR) is 75.8 cm³/mol. The van der Waals surface area contributed by atoms with Crippen LogP contribution in [0.1, 0.15) is 25.3 Å². The number of thioether (sulfide) groups is 1. The molecule has 0 saturated carbocycles. The molecule has 0 fully saturated rings. The average molecular weight is 303 g/mol. The highest BCUT2D eigenvalue weighted by Crippen LogP contribution is 2.19. The summed E-state index contributed by atoms with van der Waals surface area (Å²) in [5.74, 6) is 0.809. The molecule has 0 aliphatic heterocycles. The maximum atomic E-state index is 11.5. The fraction of sp³-hybridized carbons (Fsp3) is 0.750. The van der Waals surface area contributed by atoms with E-state index in [0.717, 1.165) is 6.42 Å². The van der Waals surface area contributed by atoms with Crippen molar-refractivity contribution in [3.63, 3.8) is 0 Å². The van der Waals surface area contributed by atoms with Gasteiger partial charge in [0.2, 0.25) is 5.91 Å². The van der Waals surface area contributed by atoms with Crippen LogP contribution in [0, 0.1) is 0 Å². The molecule has 114 valence electrons. The zero-order chi connectivity index (χ0) is 15.0. The molecule has 0 saturated heterocycles. The molecule has 1 amide bonds. The van der Waals surface area contributed by atoms with Crippen LogP contribution in [0.2, 0.25) is 0 Å². The Balaban J connectivity index is 2.42. The highest BCUT2D eigenvalue weighted by molar-refractivity contribution is 7.99. The standard InChI is InChI=1S/C12H22N4O3S/c1-5-9(16(2)3)11-14-15-12(19-11)20-8-10(17)13-6-7-18-4/h9H,5-8H2,1-4H3,(H,13,17)/p+1/t9-/m1/s1. The fourth-order valence-electron chi connectivity index (χ4n) is 1.72. The molecule has 0 spiro atoms. The van der Waals surface area contributed by atoms with E-state index in [2.05, 4.69) is 36.5 Å². The van der Waals surface area contributed by atoms with Crippen molar-refractivity contribution in [3.05, 3.63) is 5.89 Å². The van der Waals surface area contributed by atoms with Crippen LogP contribution >= 0.6 is 11.8 Å². The van der Waals surface area contributed by atoms with E-state index in [0.29, 0.717) is 24.3 Å². The van der Waals surface area contributed by atoms with Crippen LogP contribution in [-0.2, 0) is 9.53 Å². The number of methoxy groups -OCH3 is 1. The highest BCUT2D eigenvalue weighted by Gasteiger charge is 2.22. The SMILES string of the molecule is CC[C@H](c1nnc(SCC(=O)NCCOC)o1)[NH+](C)C. The number of nitrogens with one attached hydrogen (secondary N) is 2. The van der Waals surface area contributed by atoms with Crippen molar-refractivity contribution < 1.29 is 18.8 Å². The van der Waals surface area contributed by atoms with Gasteiger partial charge < -0.3 is 19.4 Å². The Hall–Kier alpha value is -1.12. The van der Waals surface area contributed by atoms with Crippen LogP contribution in [0.3, 0.4) is 0 Å². The molecule has 0 unspecified atom stereocenters. The molecule has 1 aromatic heterocycles. The quantitative estimate of drug-likeness (QED) is 0.474. The van der Waals surface area contributed by atoms with Crippen molar-refractivity contribution in [2.75, 3.05) is 40.1 Å². The Morgan fingerprint density at radius 1 is 1.50 bits per heavy atom. The van der Waals surface area contributed by atoms with Gasteiger partial charge in [0.1, 0.15) is 0 Å². The Bertz CT molecular complexity index is 411. The van der Waals surface area contributed by atoms with Crippen LogP contribution in [0.5, 0.6) is 0 Å². The number of quaternary nitrogens is 1. The van der Waals surface area contributed by atoms with E-state index in [4.69, 9.17) is 9.15 Å². The second-order valence-corrected chi connectivity index (χ2v) is 5.50. The molecule has 7 nitrogen and oxygen atoms in total. The van der Waals surface area contributed by atoms with Crippen LogP contribution in [-0.4, -0.2) is 56.2 Å². The number of amides is 1. The first-order valence-electron chi connectivity index (χ1n) is 6.60. The smallest absolute Gasteiger partial charge is 0.277 e. The van der Waals surface area contributed by atoms with Crippen LogP contribution in [0.15, 0.2) is 9.64 Å². The number of rotatable bonds is 9. The maximum Gasteiger partial charge on any atom is 0.277 e. The Morgan fingerprint density at radius 2 is 2.25 bits per heavy atom. The minimum atomic E-state index is -0.0722. The predicted octanol–water partition coefficient (Wildman–Crippen LogP) is -0.480. The molecule has 1 aromatic rings. The van der Waals surface area contributed by atoms with Crippen LogP contribution in [0.25, 0.3) is 0 Å². The largest absolute Gasteiger partial charge is 0.410 e. The van der Waals surface area contributed by atoms with Gasteiger partial charge in [0, 0.05) is 20.1 Å². The van der Waals surface area contributed by atoms with E-state index in [-0.39, 0.29) is 17.7 Å². The number of hydrogen-bond acceptors (Lipinski definition) is 6. The molecule has 8 heteroatoms. The normalized spacial score (nSPS) is 12.7. The van der Waals surface area contributed by atoms with E-state index in [1.165, 1.54) is 16.7 Å². The lowest BCUT2D eigenvalue weighted by Gasteiger charge is -2.15. The van der Waals surface area contributed by atoms with Crippen LogP contribution in [0.4, 0.5) is 0 Å². The summed E-state index contributed by atoms with van der Waals surface area (Å²) >= 11 is 1.24. The second-order valence-electron chi connectivity index (χ2n) is 4.58. The van der Waals surface area contributed by atoms with Crippen LogP contribution < -0.4 is 10.2 Å². The van der Waals surface area contributed by atoms with Crippen molar-refractivity contribution in [1.82, 2.24) is 15.5 Å². The summed E-state index contributed by atoms with van der Waals surface area (Å²) < 4.78 is 10.4. The van der Waals surface area contributed by atoms with Gasteiger partial charge in [0.05, 0.1) is 26.5 Å². The molecular weight excluding hydrogens is 280 g/mol. The maximum absolute atomic E-state index is 11.5. The van der Waals surface area contributed by atoms with E-state index < -0.39 is 0 Å². The van der Waals surface area contributed by atoms with Crippen molar-refractivity contribution in [1.29, 1.82) is 0 Å². The van der Waals surface area contributed by atoms with Crippen molar-refractivity contribution >= 4 is 17.7 Å². The van der Waals surface area contributed by atoms with E-state index in [1.54, 1.807) is 7.11 Å². The van der Waals surface area contributed by atoms with Gasteiger partial charge in [-0.3, -0.25) is 4.79 Å². The number of nitrogens with zero attached hydrogens (tertiary/aromatic N) is 2. The molecule has 1 atom stereocenters. The minimum Gasteiger partial charge on any atom is -0.410 e. The third kappa shape index (κ3) is 5.48. The van der Waals surface area contributed by atoms with Crippen molar-refractivity contribution in [2.45, 2.75) is 24.6 Å². The summed E-state index contributed by atoms with van der Waals surface area (Å²) in [6.45, 7) is 3.09. The molecule has 0 bridgehead atoms. The molecular formula is C12H23N4O3S+. The molecule has 1 heterocycles. The Kier molecular flexibility index (Phi) is 7.56. The number of carbonyl (C=O) groups is 1. The monoisotopic (exact) mass is 303 g/mol. The van der Waals surface area contributed by atoms with Gasteiger partial charge in [-0.05, 0) is 0 Å². The first-order valence-corrected chi connectivity index (χ1v) is 7.58. The Morgan fingerprint density at radius 3 is 2.85 bits per heavy atom. The van der Waals surface area contributed by atoms with Crippen molar-refractivity contribution in [2.24, 2.45) is 0 Å². The zero-order valence-electron chi connectivity index (χ0n) is 12.4. The van der Waals surface area contributed by atoms with Gasteiger partial charge in [0.15, 0.2) is 6.04 Å². The van der Waals surface area contributed by atoms with Gasteiger partial charge >= 0.3 is 0 Å². The zero-order valence-corrected chi connectivity index (χ0v) is 13.2. The molecule has 1 rings (SSSR count). The molecule has 2 N–H and O–H groups in total. The Labute approximate surface area is 123 Å². The first-order chi connectivity index (χ1) is 9.58. The molecule has 20 heavy (non-hydrogen) atoms. The molecule has 0 aliphatic rings. The second kappa shape index (κ2) is 8.93. The fourth-order valence-corrected chi connectivity index (χ4v) is 2.32. The third-order valence-electron chi connectivity index (χ3n) is 2.78. The number of carbonyl (C=O) groups excluding carboxylic acids is 1. The summed E-state index contributed by atoms with van der Waals surface area (Å²) in [5, 5.41) is 11.2. The third-order valence-corrected chi connectivity index (χ3v) is 3.60. The van der Waals surface area contributed by atoms with Gasteiger partial charge in [-0.1, -0.05) is 18.7 Å². The molecule has 0 aromatic carbocycles. The average Bonchev–Trinajstić information content (AvgIpc) is 2.86. The summed E-state index contributed by atoms with van der Waals surface area (Å²) in [4.78, 5) is 12.8. The van der Waals surface area contributed by atoms with E-state index in [1.807, 2.05) is 0 Å². The molecule has 0 radical (unpaired) electrons. The summed E-state index contributed by atoms with van der Waals surface area (Å²) in [5.41, 5.74) is 0. The molecule has 0 aliphatic carbocycles. The number of hydrogen-bond donors (Lipinski definition) is 2. The van der Waals surface area contributed by atoms with Gasteiger partial charge in [-0.25, -0.2) is 0 Å². The van der Waals surface area contributed by atoms with Gasteiger partial charge in [0.25, 0.3) is 11.1 Å². The first kappa shape index (κ1) is 16.9. The summed E-state index contributed by atoms with van der Waals surface area (Å²) in [7, 11) is 5.70. The number of aromatic nitrogens is 2. The van der Waals surface area contributed by atoms with Gasteiger partial charge in [-0.15, -0.1) is 10.2 Å². The van der Waals surface area contributed by atoms with E-state index in [9.17, 15) is 4.79 Å². The number of ether oxygens (including phenoxy) is 1. The van der Waals surface area contributed by atoms with Crippen molar-refractivity contribution in [3.8, 4) is 0 Å². The van der Waals surface area contributed by atoms with E-state index >= 15 is 0 Å².